The van der Waals surface area contributed by atoms with Gasteiger partial charge in [-0.05, 0) is 30.9 Å². The van der Waals surface area contributed by atoms with Crippen LogP contribution in [0.2, 0.25) is 0 Å². The van der Waals surface area contributed by atoms with Crippen molar-refractivity contribution >= 4 is 17.7 Å². The van der Waals surface area contributed by atoms with Crippen molar-refractivity contribution in [3.63, 3.8) is 0 Å². The zero-order valence-corrected chi connectivity index (χ0v) is 14.2. The van der Waals surface area contributed by atoms with E-state index in [1.165, 1.54) is 4.90 Å². The molecular weight excluding hydrogens is 304 g/mol. The Labute approximate surface area is 142 Å². The highest BCUT2D eigenvalue weighted by Gasteiger charge is 2.44. The second kappa shape index (κ2) is 6.75. The summed E-state index contributed by atoms with van der Waals surface area (Å²) in [5.74, 6) is -1.01. The minimum absolute atomic E-state index is 0.0892. The first kappa shape index (κ1) is 16.7. The molecule has 3 rings (SSSR count). The van der Waals surface area contributed by atoms with E-state index in [1.807, 2.05) is 13.8 Å². The fourth-order valence-electron chi connectivity index (χ4n) is 3.67. The smallest absolute Gasteiger partial charge is 0.262 e. The Bertz CT molecular complexity index is 629. The minimum Gasteiger partial charge on any atom is -0.352 e. The van der Waals surface area contributed by atoms with Crippen LogP contribution in [0.1, 0.15) is 66.7 Å². The summed E-state index contributed by atoms with van der Waals surface area (Å²) in [6, 6.07) is 6.20. The Kier molecular flexibility index (Phi) is 4.69. The fourth-order valence-corrected chi connectivity index (χ4v) is 3.67. The zero-order valence-electron chi connectivity index (χ0n) is 14.2. The number of rotatable bonds is 5. The Morgan fingerprint density at radius 3 is 2.21 bits per heavy atom. The number of fused-ring (bicyclic) bond motifs is 1. The zero-order chi connectivity index (χ0) is 17.3. The van der Waals surface area contributed by atoms with Crippen LogP contribution >= 0.6 is 0 Å². The topological polar surface area (TPSA) is 66.5 Å². The third kappa shape index (κ3) is 2.83. The molecule has 2 aliphatic rings. The number of carbonyl (C=O) groups excluding carboxylic acids is 3. The predicted octanol–water partition coefficient (Wildman–Crippen LogP) is 2.76. The maximum atomic E-state index is 12.9. The van der Waals surface area contributed by atoms with Gasteiger partial charge in [0.15, 0.2) is 0 Å². The highest BCUT2D eigenvalue weighted by molar-refractivity contribution is 6.22. The lowest BCUT2D eigenvalue weighted by Gasteiger charge is -2.30. The Hall–Kier alpha value is -2.17. The first-order valence-corrected chi connectivity index (χ1v) is 8.82. The van der Waals surface area contributed by atoms with E-state index in [0.717, 1.165) is 32.1 Å². The van der Waals surface area contributed by atoms with E-state index in [4.69, 9.17) is 0 Å². The van der Waals surface area contributed by atoms with Crippen molar-refractivity contribution in [3.05, 3.63) is 35.4 Å². The van der Waals surface area contributed by atoms with Crippen LogP contribution in [0.15, 0.2) is 24.3 Å². The molecule has 2 unspecified atom stereocenters. The van der Waals surface area contributed by atoms with Crippen LogP contribution in [0, 0.1) is 5.92 Å². The maximum Gasteiger partial charge on any atom is 0.262 e. The fraction of sp³-hybridized carbons (Fsp3) is 0.526. The second-order valence-corrected chi connectivity index (χ2v) is 6.85. The molecule has 5 heteroatoms. The first-order valence-electron chi connectivity index (χ1n) is 8.82. The molecule has 1 aromatic carbocycles. The summed E-state index contributed by atoms with van der Waals surface area (Å²) in [5, 5.41) is 3.05. The SMILES string of the molecule is CCC(C)C(C(=O)NC1CCCC1)N1C(=O)c2ccccc2C1=O. The molecule has 1 N–H and O–H groups in total. The number of hydrogen-bond acceptors (Lipinski definition) is 3. The van der Waals surface area contributed by atoms with Crippen LogP contribution in [0.5, 0.6) is 0 Å². The van der Waals surface area contributed by atoms with Crippen molar-refractivity contribution in [2.45, 2.75) is 58.0 Å². The van der Waals surface area contributed by atoms with Crippen molar-refractivity contribution in [1.82, 2.24) is 10.2 Å². The average molecular weight is 328 g/mol. The van der Waals surface area contributed by atoms with Gasteiger partial charge in [0.2, 0.25) is 5.91 Å². The molecule has 1 fully saturated rings. The van der Waals surface area contributed by atoms with E-state index in [9.17, 15) is 14.4 Å². The lowest BCUT2D eigenvalue weighted by Crippen LogP contribution is -2.54. The van der Waals surface area contributed by atoms with Crippen LogP contribution in [0.4, 0.5) is 0 Å². The molecule has 0 saturated heterocycles. The highest BCUT2D eigenvalue weighted by atomic mass is 16.2. The highest BCUT2D eigenvalue weighted by Crippen LogP contribution is 2.28. The van der Waals surface area contributed by atoms with E-state index in [0.29, 0.717) is 11.1 Å². The molecule has 3 amide bonds. The van der Waals surface area contributed by atoms with E-state index in [2.05, 4.69) is 5.32 Å². The van der Waals surface area contributed by atoms with Crippen molar-refractivity contribution in [1.29, 1.82) is 0 Å². The molecule has 0 bridgehead atoms. The van der Waals surface area contributed by atoms with Gasteiger partial charge in [0.25, 0.3) is 11.8 Å². The number of carbonyl (C=O) groups is 3. The van der Waals surface area contributed by atoms with Crippen LogP contribution < -0.4 is 5.32 Å². The predicted molar refractivity (Wildman–Crippen MR) is 90.6 cm³/mol. The van der Waals surface area contributed by atoms with Gasteiger partial charge in [-0.3, -0.25) is 19.3 Å². The van der Waals surface area contributed by atoms with Crippen LogP contribution in [-0.4, -0.2) is 34.7 Å². The van der Waals surface area contributed by atoms with E-state index in [1.54, 1.807) is 24.3 Å². The molecule has 2 atom stereocenters. The van der Waals surface area contributed by atoms with Gasteiger partial charge < -0.3 is 5.32 Å². The number of amides is 3. The van der Waals surface area contributed by atoms with Crippen molar-refractivity contribution < 1.29 is 14.4 Å². The summed E-state index contributed by atoms with van der Waals surface area (Å²) in [5.41, 5.74) is 0.786. The van der Waals surface area contributed by atoms with E-state index >= 15 is 0 Å². The van der Waals surface area contributed by atoms with Gasteiger partial charge in [-0.15, -0.1) is 0 Å². The van der Waals surface area contributed by atoms with Crippen molar-refractivity contribution in [3.8, 4) is 0 Å². The van der Waals surface area contributed by atoms with Crippen molar-refractivity contribution in [2.24, 2.45) is 5.92 Å². The lowest BCUT2D eigenvalue weighted by molar-refractivity contribution is -0.127. The molecule has 1 aromatic rings. The molecule has 0 spiro atoms. The molecule has 24 heavy (non-hydrogen) atoms. The number of nitrogens with one attached hydrogen (secondary N) is 1. The summed E-state index contributed by atoms with van der Waals surface area (Å²) in [7, 11) is 0. The molecular formula is C19H24N2O3. The minimum atomic E-state index is -0.747. The van der Waals surface area contributed by atoms with E-state index < -0.39 is 6.04 Å². The third-order valence-electron chi connectivity index (χ3n) is 5.26. The summed E-state index contributed by atoms with van der Waals surface area (Å²) in [6.07, 6.45) is 4.90. The summed E-state index contributed by atoms with van der Waals surface area (Å²) >= 11 is 0. The molecule has 1 saturated carbocycles. The molecule has 1 heterocycles. The molecule has 0 aromatic heterocycles. The summed E-state index contributed by atoms with van der Waals surface area (Å²) in [6.45, 7) is 3.89. The van der Waals surface area contributed by atoms with Gasteiger partial charge in [-0.25, -0.2) is 0 Å². The summed E-state index contributed by atoms with van der Waals surface area (Å²) < 4.78 is 0. The monoisotopic (exact) mass is 328 g/mol. The second-order valence-electron chi connectivity index (χ2n) is 6.85. The molecule has 5 nitrogen and oxygen atoms in total. The normalized spacial score (nSPS) is 20.2. The number of nitrogens with zero attached hydrogens (tertiary/aromatic N) is 1. The summed E-state index contributed by atoms with van der Waals surface area (Å²) in [4.78, 5) is 39.5. The van der Waals surface area contributed by atoms with Gasteiger partial charge >= 0.3 is 0 Å². The Morgan fingerprint density at radius 2 is 1.71 bits per heavy atom. The molecule has 1 aliphatic carbocycles. The largest absolute Gasteiger partial charge is 0.352 e. The van der Waals surface area contributed by atoms with Gasteiger partial charge in [0, 0.05) is 6.04 Å². The molecule has 1 aliphatic heterocycles. The maximum absolute atomic E-state index is 12.9. The Morgan fingerprint density at radius 1 is 1.17 bits per heavy atom. The van der Waals surface area contributed by atoms with E-state index in [-0.39, 0.29) is 29.7 Å². The lowest BCUT2D eigenvalue weighted by atomic mass is 9.96. The Balaban J connectivity index is 1.88. The van der Waals surface area contributed by atoms with Gasteiger partial charge in [0.05, 0.1) is 11.1 Å². The van der Waals surface area contributed by atoms with Crippen LogP contribution in [-0.2, 0) is 4.79 Å². The molecule has 128 valence electrons. The quantitative estimate of drug-likeness (QED) is 0.845. The standard InChI is InChI=1S/C19H24N2O3/c1-3-12(2)16(17(22)20-13-8-4-5-9-13)21-18(23)14-10-6-7-11-15(14)19(21)24/h6-7,10-13,16H,3-5,8-9H2,1-2H3,(H,20,22). The average Bonchev–Trinajstić information content (AvgIpc) is 3.18. The number of imide groups is 1. The number of benzene rings is 1. The van der Waals surface area contributed by atoms with Gasteiger partial charge in [-0.1, -0.05) is 45.2 Å². The van der Waals surface area contributed by atoms with Crippen molar-refractivity contribution in [2.75, 3.05) is 0 Å². The van der Waals surface area contributed by atoms with Gasteiger partial charge in [0.1, 0.15) is 6.04 Å². The number of hydrogen-bond donors (Lipinski definition) is 1. The molecule has 0 radical (unpaired) electrons. The van der Waals surface area contributed by atoms with Crippen LogP contribution in [0.3, 0.4) is 0 Å². The van der Waals surface area contributed by atoms with Gasteiger partial charge in [-0.2, -0.15) is 0 Å². The first-order chi connectivity index (χ1) is 11.5. The van der Waals surface area contributed by atoms with Crippen LogP contribution in [0.25, 0.3) is 0 Å². The third-order valence-corrected chi connectivity index (χ3v) is 5.26.